The number of carbonyl (C=O) groups excluding carboxylic acids is 3. The standard InChI is InChI=1S/C29H36N4O3S/c1-21-9-7-10-22(17-21)30-28(36)31-23-19-37-25-12-4-3-11-24(25)33(27(23)35)18-26(34)32-16-8-15-29(20-32)13-5-2-6-14-29/h3-4,7,9-12,17,23H,2,5-6,8,13-16,18-20H2,1H3,(H2,30,31,36). The van der Waals surface area contributed by atoms with Gasteiger partial charge in [-0.3, -0.25) is 9.59 Å². The molecule has 3 aliphatic rings. The summed E-state index contributed by atoms with van der Waals surface area (Å²) in [6.45, 7) is 3.49. The average Bonchev–Trinajstić information content (AvgIpc) is 3.01. The van der Waals surface area contributed by atoms with E-state index in [1.807, 2.05) is 60.4 Å². The Bertz CT molecular complexity index is 1160. The van der Waals surface area contributed by atoms with Crippen molar-refractivity contribution in [2.45, 2.75) is 62.8 Å². The number of urea groups is 1. The van der Waals surface area contributed by atoms with Crippen LogP contribution in [0, 0.1) is 12.3 Å². The summed E-state index contributed by atoms with van der Waals surface area (Å²) in [5.41, 5.74) is 2.69. The first-order valence-corrected chi connectivity index (χ1v) is 14.4. The zero-order valence-corrected chi connectivity index (χ0v) is 22.3. The van der Waals surface area contributed by atoms with Gasteiger partial charge in [0.2, 0.25) is 5.91 Å². The van der Waals surface area contributed by atoms with E-state index < -0.39 is 12.1 Å². The maximum atomic E-state index is 13.8. The number of thioether (sulfide) groups is 1. The number of nitrogens with zero attached hydrogens (tertiary/aromatic N) is 2. The Morgan fingerprint density at radius 3 is 2.62 bits per heavy atom. The number of para-hydroxylation sites is 1. The van der Waals surface area contributed by atoms with E-state index in [0.717, 1.165) is 35.7 Å². The van der Waals surface area contributed by atoms with E-state index >= 15 is 0 Å². The van der Waals surface area contributed by atoms with Gasteiger partial charge in [-0.25, -0.2) is 4.79 Å². The Hall–Kier alpha value is -3.00. The SMILES string of the molecule is Cc1cccc(NC(=O)NC2CSc3ccccc3N(CC(=O)N3CCCC4(CCCCC4)C3)C2=O)c1. The summed E-state index contributed by atoms with van der Waals surface area (Å²) in [7, 11) is 0. The van der Waals surface area contributed by atoms with Crippen LogP contribution in [0.5, 0.6) is 0 Å². The molecule has 1 atom stereocenters. The van der Waals surface area contributed by atoms with Crippen LogP contribution >= 0.6 is 11.8 Å². The number of fused-ring (bicyclic) bond motifs is 1. The lowest BCUT2D eigenvalue weighted by Gasteiger charge is -2.45. The van der Waals surface area contributed by atoms with Gasteiger partial charge in [-0.15, -0.1) is 11.8 Å². The van der Waals surface area contributed by atoms with Crippen molar-refractivity contribution in [2.75, 3.05) is 35.6 Å². The zero-order chi connectivity index (χ0) is 25.8. The summed E-state index contributed by atoms with van der Waals surface area (Å²) in [6.07, 6.45) is 8.39. The zero-order valence-electron chi connectivity index (χ0n) is 21.5. The van der Waals surface area contributed by atoms with Gasteiger partial charge in [-0.2, -0.15) is 0 Å². The minimum Gasteiger partial charge on any atom is -0.341 e. The topological polar surface area (TPSA) is 81.8 Å². The molecule has 1 spiro atoms. The van der Waals surface area contributed by atoms with E-state index in [0.29, 0.717) is 11.4 Å². The lowest BCUT2D eigenvalue weighted by Crippen LogP contribution is -2.54. The predicted molar refractivity (Wildman–Crippen MR) is 148 cm³/mol. The third kappa shape index (κ3) is 5.95. The molecule has 2 N–H and O–H groups in total. The van der Waals surface area contributed by atoms with Crippen LogP contribution in [0.15, 0.2) is 53.4 Å². The maximum absolute atomic E-state index is 13.8. The minimum atomic E-state index is -0.749. The van der Waals surface area contributed by atoms with E-state index in [-0.39, 0.29) is 23.8 Å². The van der Waals surface area contributed by atoms with E-state index in [2.05, 4.69) is 10.6 Å². The molecule has 2 fully saturated rings. The number of piperidine rings is 1. The van der Waals surface area contributed by atoms with Crippen molar-refractivity contribution in [1.82, 2.24) is 10.2 Å². The van der Waals surface area contributed by atoms with E-state index in [4.69, 9.17) is 0 Å². The van der Waals surface area contributed by atoms with Gasteiger partial charge in [0.1, 0.15) is 12.6 Å². The van der Waals surface area contributed by atoms with E-state index in [1.165, 1.54) is 50.3 Å². The van der Waals surface area contributed by atoms with Gasteiger partial charge in [0, 0.05) is 29.4 Å². The van der Waals surface area contributed by atoms with Crippen LogP contribution in [0.2, 0.25) is 0 Å². The molecule has 2 heterocycles. The Labute approximate surface area is 223 Å². The number of hydrogen-bond acceptors (Lipinski definition) is 4. The van der Waals surface area contributed by atoms with Crippen LogP contribution in [-0.4, -0.2) is 54.2 Å². The summed E-state index contributed by atoms with van der Waals surface area (Å²) in [5.74, 6) is 0.131. The lowest BCUT2D eigenvalue weighted by atomic mass is 9.69. The molecular formula is C29H36N4O3S. The van der Waals surface area contributed by atoms with Crippen LogP contribution in [0.25, 0.3) is 0 Å². The number of carbonyl (C=O) groups is 3. The van der Waals surface area contributed by atoms with Crippen molar-refractivity contribution < 1.29 is 14.4 Å². The van der Waals surface area contributed by atoms with Crippen molar-refractivity contribution in [3.8, 4) is 0 Å². The fraction of sp³-hybridized carbons (Fsp3) is 0.483. The van der Waals surface area contributed by atoms with Crippen LogP contribution < -0.4 is 15.5 Å². The second-order valence-corrected chi connectivity index (χ2v) is 11.8. The minimum absolute atomic E-state index is 0.00976. The van der Waals surface area contributed by atoms with Crippen LogP contribution in [0.3, 0.4) is 0 Å². The van der Waals surface area contributed by atoms with Crippen molar-refractivity contribution in [3.63, 3.8) is 0 Å². The first-order valence-electron chi connectivity index (χ1n) is 13.4. The van der Waals surface area contributed by atoms with Gasteiger partial charge >= 0.3 is 6.03 Å². The van der Waals surface area contributed by atoms with Crippen molar-refractivity contribution in [2.24, 2.45) is 5.41 Å². The van der Waals surface area contributed by atoms with Gasteiger partial charge in [-0.05, 0) is 67.9 Å². The summed E-state index contributed by atoms with van der Waals surface area (Å²) in [6, 6.07) is 14.0. The first kappa shape index (κ1) is 25.6. The van der Waals surface area contributed by atoms with Crippen LogP contribution in [-0.2, 0) is 9.59 Å². The van der Waals surface area contributed by atoms with Gasteiger partial charge < -0.3 is 20.4 Å². The summed E-state index contributed by atoms with van der Waals surface area (Å²) >= 11 is 1.53. The molecule has 0 radical (unpaired) electrons. The Kier molecular flexibility index (Phi) is 7.74. The first-order chi connectivity index (χ1) is 17.9. The number of rotatable bonds is 4. The van der Waals surface area contributed by atoms with Gasteiger partial charge in [0.15, 0.2) is 0 Å². The Morgan fingerprint density at radius 2 is 1.81 bits per heavy atom. The summed E-state index contributed by atoms with van der Waals surface area (Å²) in [5, 5.41) is 5.68. The summed E-state index contributed by atoms with van der Waals surface area (Å²) < 4.78 is 0. The molecule has 1 aliphatic carbocycles. The van der Waals surface area contributed by atoms with Crippen molar-refractivity contribution >= 4 is 41.0 Å². The molecule has 1 saturated heterocycles. The lowest BCUT2D eigenvalue weighted by molar-refractivity contribution is -0.135. The highest BCUT2D eigenvalue weighted by Crippen LogP contribution is 2.43. The molecule has 2 aromatic rings. The fourth-order valence-electron chi connectivity index (χ4n) is 6.03. The highest BCUT2D eigenvalue weighted by atomic mass is 32.2. The summed E-state index contributed by atoms with van der Waals surface area (Å²) in [4.78, 5) is 44.6. The fourth-order valence-corrected chi connectivity index (χ4v) is 7.11. The molecule has 1 unspecified atom stereocenters. The average molecular weight is 521 g/mol. The molecule has 4 amide bonds. The predicted octanol–water partition coefficient (Wildman–Crippen LogP) is 5.20. The molecular weight excluding hydrogens is 484 g/mol. The van der Waals surface area contributed by atoms with Gasteiger partial charge in [-0.1, -0.05) is 43.5 Å². The largest absolute Gasteiger partial charge is 0.341 e. The van der Waals surface area contributed by atoms with Crippen molar-refractivity contribution in [3.05, 3.63) is 54.1 Å². The number of likely N-dealkylation sites (tertiary alicyclic amines) is 1. The van der Waals surface area contributed by atoms with Gasteiger partial charge in [0.25, 0.3) is 5.91 Å². The number of amides is 4. The Morgan fingerprint density at radius 1 is 1.03 bits per heavy atom. The molecule has 2 aromatic carbocycles. The number of benzene rings is 2. The molecule has 8 heteroatoms. The number of hydrogen-bond donors (Lipinski definition) is 2. The maximum Gasteiger partial charge on any atom is 0.319 e. The van der Waals surface area contributed by atoms with Crippen LogP contribution in [0.4, 0.5) is 16.2 Å². The van der Waals surface area contributed by atoms with E-state index in [1.54, 1.807) is 4.90 Å². The Balaban J connectivity index is 1.31. The second kappa shape index (κ2) is 11.2. The molecule has 0 bridgehead atoms. The normalized spacial score (nSPS) is 21.2. The third-order valence-electron chi connectivity index (χ3n) is 7.93. The highest BCUT2D eigenvalue weighted by molar-refractivity contribution is 7.99. The third-order valence-corrected chi connectivity index (χ3v) is 9.08. The molecule has 196 valence electrons. The number of nitrogens with one attached hydrogen (secondary N) is 2. The van der Waals surface area contributed by atoms with E-state index in [9.17, 15) is 14.4 Å². The smallest absolute Gasteiger partial charge is 0.319 e. The second-order valence-electron chi connectivity index (χ2n) is 10.7. The molecule has 5 rings (SSSR count). The molecule has 37 heavy (non-hydrogen) atoms. The van der Waals surface area contributed by atoms with Crippen molar-refractivity contribution in [1.29, 1.82) is 0 Å². The molecule has 2 aliphatic heterocycles. The monoisotopic (exact) mass is 520 g/mol. The van der Waals surface area contributed by atoms with Crippen LogP contribution in [0.1, 0.15) is 50.5 Å². The quantitative estimate of drug-likeness (QED) is 0.581. The molecule has 0 aromatic heterocycles. The molecule has 1 saturated carbocycles. The highest BCUT2D eigenvalue weighted by Gasteiger charge is 2.39. The number of anilines is 2. The number of aryl methyl sites for hydroxylation is 1. The molecule has 7 nitrogen and oxygen atoms in total. The van der Waals surface area contributed by atoms with Gasteiger partial charge in [0.05, 0.1) is 5.69 Å².